The highest BCUT2D eigenvalue weighted by Gasteiger charge is 2.09. The molecule has 1 amide bonds. The van der Waals surface area contributed by atoms with Crippen molar-refractivity contribution in [1.29, 1.82) is 0 Å². The largest absolute Gasteiger partial charge is 0.345 e. The van der Waals surface area contributed by atoms with Crippen LogP contribution in [0.2, 0.25) is 0 Å². The van der Waals surface area contributed by atoms with Crippen molar-refractivity contribution in [3.05, 3.63) is 41.5 Å². The molecule has 2 aromatic rings. The number of aromatic amines is 1. The first-order valence-electron chi connectivity index (χ1n) is 4.52. The fraction of sp³-hybridized carbons (Fsp3) is 0.111. The molecule has 0 aliphatic carbocycles. The molecule has 6 nitrogen and oxygen atoms in total. The summed E-state index contributed by atoms with van der Waals surface area (Å²) >= 11 is 0. The number of halogens is 1. The number of carbonyl (C=O) groups is 1. The van der Waals surface area contributed by atoms with Crippen molar-refractivity contribution >= 4 is 5.91 Å². The molecule has 2 N–H and O–H groups in total. The van der Waals surface area contributed by atoms with Gasteiger partial charge in [0.25, 0.3) is 11.7 Å². The molecule has 0 fully saturated rings. The standard InChI is InChI=1S/C9H8FN5O/c10-7-3-1-6(2-4-7)5-11-9(16)8-12-14-15-13-8/h1-4H,5H2,(H,11,16)(H,12,13,14,15). The minimum Gasteiger partial charge on any atom is -0.345 e. The van der Waals surface area contributed by atoms with E-state index >= 15 is 0 Å². The van der Waals surface area contributed by atoms with Crippen LogP contribution in [0.5, 0.6) is 0 Å². The van der Waals surface area contributed by atoms with Crippen LogP contribution in [0.1, 0.15) is 16.2 Å². The number of tetrazole rings is 1. The highest BCUT2D eigenvalue weighted by atomic mass is 19.1. The van der Waals surface area contributed by atoms with Crippen molar-refractivity contribution in [2.75, 3.05) is 0 Å². The van der Waals surface area contributed by atoms with E-state index in [-0.39, 0.29) is 18.2 Å². The first-order valence-corrected chi connectivity index (χ1v) is 4.52. The van der Waals surface area contributed by atoms with E-state index in [0.29, 0.717) is 0 Å². The van der Waals surface area contributed by atoms with Gasteiger partial charge in [0.2, 0.25) is 0 Å². The number of nitrogens with zero attached hydrogens (tertiary/aromatic N) is 3. The zero-order valence-electron chi connectivity index (χ0n) is 8.14. The maximum atomic E-state index is 12.6. The lowest BCUT2D eigenvalue weighted by Gasteiger charge is -2.01. The van der Waals surface area contributed by atoms with Gasteiger partial charge in [-0.3, -0.25) is 4.79 Å². The van der Waals surface area contributed by atoms with E-state index in [1.807, 2.05) is 0 Å². The van der Waals surface area contributed by atoms with Gasteiger partial charge in [0.05, 0.1) is 0 Å². The lowest BCUT2D eigenvalue weighted by molar-refractivity contribution is 0.0940. The Morgan fingerprint density at radius 2 is 2.12 bits per heavy atom. The third-order valence-electron chi connectivity index (χ3n) is 1.91. The summed E-state index contributed by atoms with van der Waals surface area (Å²) in [4.78, 5) is 11.4. The lowest BCUT2D eigenvalue weighted by atomic mass is 10.2. The topological polar surface area (TPSA) is 83.6 Å². The van der Waals surface area contributed by atoms with Gasteiger partial charge in [-0.2, -0.15) is 5.21 Å². The first kappa shape index (κ1) is 10.2. The molecular formula is C9H8FN5O. The highest BCUT2D eigenvalue weighted by molar-refractivity contribution is 5.89. The molecule has 0 unspecified atom stereocenters. The van der Waals surface area contributed by atoms with Gasteiger partial charge in [0.15, 0.2) is 0 Å². The summed E-state index contributed by atoms with van der Waals surface area (Å²) in [6.07, 6.45) is 0. The van der Waals surface area contributed by atoms with Crippen LogP contribution < -0.4 is 5.32 Å². The molecule has 7 heteroatoms. The summed E-state index contributed by atoms with van der Waals surface area (Å²) in [5.41, 5.74) is 0.790. The monoisotopic (exact) mass is 221 g/mol. The Balaban J connectivity index is 1.93. The van der Waals surface area contributed by atoms with E-state index in [2.05, 4.69) is 25.9 Å². The fourth-order valence-corrected chi connectivity index (χ4v) is 1.12. The number of hydrogen-bond donors (Lipinski definition) is 2. The van der Waals surface area contributed by atoms with Gasteiger partial charge in [-0.1, -0.05) is 12.1 Å². The number of carbonyl (C=O) groups excluding carboxylic acids is 1. The predicted molar refractivity (Wildman–Crippen MR) is 51.7 cm³/mol. The highest BCUT2D eigenvalue weighted by Crippen LogP contribution is 2.02. The van der Waals surface area contributed by atoms with Crippen molar-refractivity contribution in [2.45, 2.75) is 6.54 Å². The van der Waals surface area contributed by atoms with Crippen molar-refractivity contribution in [3.63, 3.8) is 0 Å². The Labute approximate surface area is 89.9 Å². The zero-order chi connectivity index (χ0) is 11.4. The van der Waals surface area contributed by atoms with Crippen LogP contribution in [0, 0.1) is 5.82 Å². The van der Waals surface area contributed by atoms with E-state index in [1.165, 1.54) is 12.1 Å². The molecule has 0 spiro atoms. The Kier molecular flexibility index (Phi) is 2.86. The third kappa shape index (κ3) is 2.38. The van der Waals surface area contributed by atoms with E-state index in [0.717, 1.165) is 5.56 Å². The smallest absolute Gasteiger partial charge is 0.293 e. The van der Waals surface area contributed by atoms with Gasteiger partial charge in [-0.25, -0.2) is 4.39 Å². The van der Waals surface area contributed by atoms with Crippen LogP contribution in [-0.2, 0) is 6.54 Å². The van der Waals surface area contributed by atoms with Crippen LogP contribution >= 0.6 is 0 Å². The van der Waals surface area contributed by atoms with Crippen LogP contribution in [0.25, 0.3) is 0 Å². The minimum absolute atomic E-state index is 0.0258. The summed E-state index contributed by atoms with van der Waals surface area (Å²) in [5.74, 6) is -0.770. The average molecular weight is 221 g/mol. The fourth-order valence-electron chi connectivity index (χ4n) is 1.12. The maximum absolute atomic E-state index is 12.6. The van der Waals surface area contributed by atoms with Gasteiger partial charge in [-0.15, -0.1) is 10.2 Å². The number of amides is 1. The van der Waals surface area contributed by atoms with Gasteiger partial charge in [0.1, 0.15) is 5.82 Å². The Hall–Kier alpha value is -2.31. The number of hydrogen-bond acceptors (Lipinski definition) is 4. The number of rotatable bonds is 3. The molecule has 16 heavy (non-hydrogen) atoms. The maximum Gasteiger partial charge on any atom is 0.293 e. The van der Waals surface area contributed by atoms with Crippen molar-refractivity contribution in [3.8, 4) is 0 Å². The quantitative estimate of drug-likeness (QED) is 0.779. The summed E-state index contributed by atoms with van der Waals surface area (Å²) in [6.45, 7) is 0.285. The Morgan fingerprint density at radius 3 is 2.75 bits per heavy atom. The van der Waals surface area contributed by atoms with Gasteiger partial charge < -0.3 is 5.32 Å². The third-order valence-corrected chi connectivity index (χ3v) is 1.91. The molecule has 82 valence electrons. The SMILES string of the molecule is O=C(NCc1ccc(F)cc1)c1nn[nH]n1. The molecular weight excluding hydrogens is 213 g/mol. The second-order valence-corrected chi connectivity index (χ2v) is 3.04. The van der Waals surface area contributed by atoms with Crippen molar-refractivity contribution in [2.24, 2.45) is 0 Å². The van der Waals surface area contributed by atoms with Crippen LogP contribution in [0.4, 0.5) is 4.39 Å². The summed E-state index contributed by atoms with van der Waals surface area (Å²) in [7, 11) is 0. The molecule has 0 aliphatic rings. The molecule has 2 rings (SSSR count). The van der Waals surface area contributed by atoms with Crippen molar-refractivity contribution in [1.82, 2.24) is 25.9 Å². The first-order chi connectivity index (χ1) is 7.75. The number of H-pyrrole nitrogens is 1. The second-order valence-electron chi connectivity index (χ2n) is 3.04. The zero-order valence-corrected chi connectivity index (χ0v) is 8.14. The molecule has 1 aromatic heterocycles. The Bertz CT molecular complexity index is 467. The minimum atomic E-state index is -0.432. The van der Waals surface area contributed by atoms with Crippen LogP contribution in [-0.4, -0.2) is 26.5 Å². The summed E-state index contributed by atoms with van der Waals surface area (Å²) < 4.78 is 12.6. The van der Waals surface area contributed by atoms with Gasteiger partial charge >= 0.3 is 0 Å². The molecule has 0 radical (unpaired) electrons. The Morgan fingerprint density at radius 1 is 1.38 bits per heavy atom. The van der Waals surface area contributed by atoms with E-state index in [9.17, 15) is 9.18 Å². The number of aromatic nitrogens is 4. The molecule has 0 saturated heterocycles. The number of nitrogens with one attached hydrogen (secondary N) is 2. The van der Waals surface area contributed by atoms with E-state index in [1.54, 1.807) is 12.1 Å². The molecule has 1 aromatic carbocycles. The number of benzene rings is 1. The van der Waals surface area contributed by atoms with E-state index in [4.69, 9.17) is 0 Å². The summed E-state index contributed by atoms with van der Waals surface area (Å²) in [5, 5.41) is 15.1. The summed E-state index contributed by atoms with van der Waals surface area (Å²) in [6, 6.07) is 5.84. The molecule has 1 heterocycles. The normalized spacial score (nSPS) is 10.1. The average Bonchev–Trinajstić information content (AvgIpc) is 2.81. The van der Waals surface area contributed by atoms with E-state index < -0.39 is 5.91 Å². The molecule has 0 bridgehead atoms. The lowest BCUT2D eigenvalue weighted by Crippen LogP contribution is -2.24. The van der Waals surface area contributed by atoms with Crippen LogP contribution in [0.3, 0.4) is 0 Å². The second kappa shape index (κ2) is 4.47. The van der Waals surface area contributed by atoms with Crippen LogP contribution in [0.15, 0.2) is 24.3 Å². The van der Waals surface area contributed by atoms with Crippen molar-refractivity contribution < 1.29 is 9.18 Å². The molecule has 0 atom stereocenters. The van der Waals surface area contributed by atoms with Gasteiger partial charge in [0, 0.05) is 6.54 Å². The molecule has 0 aliphatic heterocycles. The predicted octanol–water partition coefficient (Wildman–Crippen LogP) is 0.269. The molecule has 0 saturated carbocycles. The van der Waals surface area contributed by atoms with Gasteiger partial charge in [-0.05, 0) is 22.9 Å².